The number of carbonyl (C=O) groups is 1. The molecule has 0 bridgehead atoms. The number of carbonyl (C=O) groups excluding carboxylic acids is 1. The molecule has 1 aromatic heterocycles. The monoisotopic (exact) mass is 287 g/mol. The molecule has 0 atom stereocenters. The third-order valence-electron chi connectivity index (χ3n) is 3.72. The van der Waals surface area contributed by atoms with E-state index < -0.39 is 0 Å². The molecule has 0 aliphatic rings. The SMILES string of the molecule is Cc1[nH]c(=O)n(CCC(=O)N(C)Cc2ccccc2)c1C. The fourth-order valence-corrected chi connectivity index (χ4v) is 2.29. The Morgan fingerprint density at radius 2 is 1.90 bits per heavy atom. The Hall–Kier alpha value is -2.30. The van der Waals surface area contributed by atoms with Crippen LogP contribution in [0, 0.1) is 13.8 Å². The maximum absolute atomic E-state index is 12.2. The van der Waals surface area contributed by atoms with Crippen LogP contribution in [0.3, 0.4) is 0 Å². The molecule has 0 aliphatic carbocycles. The lowest BCUT2D eigenvalue weighted by atomic mass is 10.2. The van der Waals surface area contributed by atoms with Gasteiger partial charge in [0.05, 0.1) is 0 Å². The molecule has 2 aromatic rings. The van der Waals surface area contributed by atoms with Crippen LogP contribution in [0.15, 0.2) is 35.1 Å². The van der Waals surface area contributed by atoms with Crippen LogP contribution in [0.4, 0.5) is 0 Å². The summed E-state index contributed by atoms with van der Waals surface area (Å²) in [6, 6.07) is 9.86. The Bertz CT molecular complexity index is 671. The predicted molar refractivity (Wildman–Crippen MR) is 82.1 cm³/mol. The molecule has 1 amide bonds. The van der Waals surface area contributed by atoms with Gasteiger partial charge in [-0.3, -0.25) is 9.36 Å². The van der Waals surface area contributed by atoms with Crippen molar-refractivity contribution in [2.24, 2.45) is 0 Å². The maximum Gasteiger partial charge on any atom is 0.325 e. The molecule has 5 nitrogen and oxygen atoms in total. The van der Waals surface area contributed by atoms with E-state index in [-0.39, 0.29) is 11.6 Å². The van der Waals surface area contributed by atoms with E-state index in [1.165, 1.54) is 0 Å². The first-order chi connectivity index (χ1) is 9.99. The molecule has 0 saturated carbocycles. The van der Waals surface area contributed by atoms with Crippen molar-refractivity contribution < 1.29 is 4.79 Å². The van der Waals surface area contributed by atoms with Gasteiger partial charge >= 0.3 is 5.69 Å². The van der Waals surface area contributed by atoms with Crippen LogP contribution >= 0.6 is 0 Å². The van der Waals surface area contributed by atoms with Crippen LogP contribution < -0.4 is 5.69 Å². The molecule has 0 radical (unpaired) electrons. The van der Waals surface area contributed by atoms with Gasteiger partial charge in [-0.2, -0.15) is 0 Å². The van der Waals surface area contributed by atoms with E-state index in [2.05, 4.69) is 4.98 Å². The molecule has 21 heavy (non-hydrogen) atoms. The topological polar surface area (TPSA) is 58.1 Å². The second-order valence-electron chi connectivity index (χ2n) is 5.28. The van der Waals surface area contributed by atoms with Crippen molar-refractivity contribution in [2.45, 2.75) is 33.4 Å². The van der Waals surface area contributed by atoms with Crippen molar-refractivity contribution in [1.82, 2.24) is 14.5 Å². The van der Waals surface area contributed by atoms with E-state index in [0.29, 0.717) is 19.5 Å². The summed E-state index contributed by atoms with van der Waals surface area (Å²) < 4.78 is 1.61. The maximum atomic E-state index is 12.2. The molecule has 0 fully saturated rings. The number of hydrogen-bond donors (Lipinski definition) is 1. The van der Waals surface area contributed by atoms with E-state index in [1.54, 1.807) is 16.5 Å². The van der Waals surface area contributed by atoms with Crippen molar-refractivity contribution in [1.29, 1.82) is 0 Å². The van der Waals surface area contributed by atoms with E-state index in [0.717, 1.165) is 17.0 Å². The Morgan fingerprint density at radius 3 is 2.48 bits per heavy atom. The minimum absolute atomic E-state index is 0.0315. The summed E-state index contributed by atoms with van der Waals surface area (Å²) in [6.07, 6.45) is 0.321. The number of amides is 1. The molecular weight excluding hydrogens is 266 g/mol. The number of rotatable bonds is 5. The van der Waals surface area contributed by atoms with Gasteiger partial charge < -0.3 is 9.88 Å². The van der Waals surface area contributed by atoms with Crippen LogP contribution in [0.2, 0.25) is 0 Å². The first-order valence-electron chi connectivity index (χ1n) is 7.03. The van der Waals surface area contributed by atoms with Crippen molar-refractivity contribution >= 4 is 5.91 Å². The summed E-state index contributed by atoms with van der Waals surface area (Å²) in [5.41, 5.74) is 2.69. The Labute approximate surface area is 124 Å². The van der Waals surface area contributed by atoms with Crippen LogP contribution in [-0.2, 0) is 17.9 Å². The number of imidazole rings is 1. The Kier molecular flexibility index (Phi) is 4.62. The minimum Gasteiger partial charge on any atom is -0.341 e. The molecule has 112 valence electrons. The van der Waals surface area contributed by atoms with Gasteiger partial charge in [0.15, 0.2) is 0 Å². The largest absolute Gasteiger partial charge is 0.341 e. The molecule has 2 rings (SSSR count). The highest BCUT2D eigenvalue weighted by molar-refractivity contribution is 5.75. The lowest BCUT2D eigenvalue weighted by Gasteiger charge is -2.17. The number of nitrogens with zero attached hydrogens (tertiary/aromatic N) is 2. The van der Waals surface area contributed by atoms with Gasteiger partial charge in [-0.05, 0) is 19.4 Å². The van der Waals surface area contributed by atoms with Crippen molar-refractivity contribution in [3.05, 3.63) is 57.8 Å². The number of aromatic amines is 1. The summed E-state index contributed by atoms with van der Waals surface area (Å²) >= 11 is 0. The number of benzene rings is 1. The second-order valence-corrected chi connectivity index (χ2v) is 5.28. The smallest absolute Gasteiger partial charge is 0.325 e. The highest BCUT2D eigenvalue weighted by atomic mass is 16.2. The summed E-state index contributed by atoms with van der Waals surface area (Å²) in [7, 11) is 1.79. The van der Waals surface area contributed by atoms with Gasteiger partial charge in [0.1, 0.15) is 0 Å². The average Bonchev–Trinajstić information content (AvgIpc) is 2.71. The van der Waals surface area contributed by atoms with Crippen molar-refractivity contribution in [3.8, 4) is 0 Å². The van der Waals surface area contributed by atoms with Crippen LogP contribution in [0.5, 0.6) is 0 Å². The number of hydrogen-bond acceptors (Lipinski definition) is 2. The fraction of sp³-hybridized carbons (Fsp3) is 0.375. The second kappa shape index (κ2) is 6.43. The van der Waals surface area contributed by atoms with E-state index in [4.69, 9.17) is 0 Å². The van der Waals surface area contributed by atoms with Gasteiger partial charge in [0.2, 0.25) is 5.91 Å². The zero-order valence-electron chi connectivity index (χ0n) is 12.7. The van der Waals surface area contributed by atoms with Gasteiger partial charge in [-0.15, -0.1) is 0 Å². The number of nitrogens with one attached hydrogen (secondary N) is 1. The quantitative estimate of drug-likeness (QED) is 0.912. The fourth-order valence-electron chi connectivity index (χ4n) is 2.29. The number of aryl methyl sites for hydroxylation is 1. The average molecular weight is 287 g/mol. The Morgan fingerprint density at radius 1 is 1.24 bits per heavy atom. The van der Waals surface area contributed by atoms with Gasteiger partial charge in [-0.25, -0.2) is 4.79 Å². The third-order valence-corrected chi connectivity index (χ3v) is 3.72. The highest BCUT2D eigenvalue weighted by Crippen LogP contribution is 2.06. The van der Waals surface area contributed by atoms with Crippen LogP contribution in [0.1, 0.15) is 23.4 Å². The molecule has 1 aromatic carbocycles. The molecule has 0 aliphatic heterocycles. The van der Waals surface area contributed by atoms with Crippen LogP contribution in [-0.4, -0.2) is 27.4 Å². The number of aromatic nitrogens is 2. The highest BCUT2D eigenvalue weighted by Gasteiger charge is 2.12. The molecule has 0 spiro atoms. The molecule has 0 unspecified atom stereocenters. The number of H-pyrrole nitrogens is 1. The molecule has 1 N–H and O–H groups in total. The lowest BCUT2D eigenvalue weighted by molar-refractivity contribution is -0.130. The van der Waals surface area contributed by atoms with E-state index >= 15 is 0 Å². The lowest BCUT2D eigenvalue weighted by Crippen LogP contribution is -2.28. The minimum atomic E-state index is -0.150. The molecule has 1 heterocycles. The van der Waals surface area contributed by atoms with Gasteiger partial charge in [0, 0.05) is 37.9 Å². The van der Waals surface area contributed by atoms with Gasteiger partial charge in [0.25, 0.3) is 0 Å². The molecule has 0 saturated heterocycles. The first kappa shape index (κ1) is 15.1. The summed E-state index contributed by atoms with van der Waals surface area (Å²) in [6.45, 7) is 4.73. The standard InChI is InChI=1S/C16H21N3O2/c1-12-13(2)19(16(21)17-12)10-9-15(20)18(3)11-14-7-5-4-6-8-14/h4-8H,9-11H2,1-3H3,(H,17,21). The molecule has 5 heteroatoms. The first-order valence-corrected chi connectivity index (χ1v) is 7.03. The zero-order chi connectivity index (χ0) is 15.4. The van der Waals surface area contributed by atoms with E-state index in [9.17, 15) is 9.59 Å². The summed E-state index contributed by atoms with van der Waals surface area (Å²) in [5.74, 6) is 0.0315. The van der Waals surface area contributed by atoms with Gasteiger partial charge in [-0.1, -0.05) is 30.3 Å². The normalized spacial score (nSPS) is 10.6. The molecular formula is C16H21N3O2. The van der Waals surface area contributed by atoms with Crippen molar-refractivity contribution in [3.63, 3.8) is 0 Å². The predicted octanol–water partition coefficient (Wildman–Crippen LogP) is 1.84. The zero-order valence-corrected chi connectivity index (χ0v) is 12.7. The summed E-state index contributed by atoms with van der Waals surface area (Å²) in [4.78, 5) is 28.3. The van der Waals surface area contributed by atoms with Crippen molar-refractivity contribution in [2.75, 3.05) is 7.05 Å². The van der Waals surface area contributed by atoms with E-state index in [1.807, 2.05) is 44.2 Å². The Balaban J connectivity index is 1.94. The third kappa shape index (κ3) is 3.62. The summed E-state index contributed by atoms with van der Waals surface area (Å²) in [5, 5.41) is 0. The van der Waals surface area contributed by atoms with Crippen LogP contribution in [0.25, 0.3) is 0 Å².